The van der Waals surface area contributed by atoms with Crippen molar-refractivity contribution in [1.82, 2.24) is 15.1 Å². The molecule has 0 bridgehead atoms. The summed E-state index contributed by atoms with van der Waals surface area (Å²) < 4.78 is 18.3. The van der Waals surface area contributed by atoms with E-state index in [1.165, 1.54) is 24.3 Å². The van der Waals surface area contributed by atoms with Crippen LogP contribution in [0.25, 0.3) is 0 Å². The first kappa shape index (κ1) is 19.3. The molecule has 6 heteroatoms. The number of piperazine rings is 1. The van der Waals surface area contributed by atoms with Crippen molar-refractivity contribution in [3.8, 4) is 5.75 Å². The third-order valence-electron chi connectivity index (χ3n) is 5.04. The first-order valence-corrected chi connectivity index (χ1v) is 9.17. The second kappa shape index (κ2) is 8.97. The van der Waals surface area contributed by atoms with E-state index < -0.39 is 0 Å². The van der Waals surface area contributed by atoms with Gasteiger partial charge in [-0.05, 0) is 49.0 Å². The van der Waals surface area contributed by atoms with Crippen molar-refractivity contribution in [2.75, 3.05) is 46.9 Å². The molecule has 5 nitrogen and oxygen atoms in total. The number of carbonyl (C=O) groups is 1. The van der Waals surface area contributed by atoms with Gasteiger partial charge in [-0.25, -0.2) is 4.39 Å². The van der Waals surface area contributed by atoms with Crippen molar-refractivity contribution < 1.29 is 13.9 Å². The van der Waals surface area contributed by atoms with Crippen LogP contribution in [0.15, 0.2) is 48.5 Å². The summed E-state index contributed by atoms with van der Waals surface area (Å²) >= 11 is 0. The van der Waals surface area contributed by atoms with Gasteiger partial charge in [-0.15, -0.1) is 0 Å². The van der Waals surface area contributed by atoms with E-state index in [2.05, 4.69) is 22.2 Å². The lowest BCUT2D eigenvalue weighted by Gasteiger charge is -2.38. The Morgan fingerprint density at radius 1 is 1.07 bits per heavy atom. The zero-order valence-corrected chi connectivity index (χ0v) is 15.8. The highest BCUT2D eigenvalue weighted by Gasteiger charge is 2.24. The average Bonchev–Trinajstić information content (AvgIpc) is 2.70. The predicted octanol–water partition coefficient (Wildman–Crippen LogP) is 2.55. The Bertz CT molecular complexity index is 741. The van der Waals surface area contributed by atoms with E-state index in [0.717, 1.165) is 37.5 Å². The van der Waals surface area contributed by atoms with Crippen molar-refractivity contribution in [3.05, 3.63) is 65.5 Å². The van der Waals surface area contributed by atoms with Gasteiger partial charge in [-0.3, -0.25) is 9.69 Å². The lowest BCUT2D eigenvalue weighted by atomic mass is 10.0. The third kappa shape index (κ3) is 5.05. The Morgan fingerprint density at radius 3 is 2.30 bits per heavy atom. The maximum Gasteiger partial charge on any atom is 0.251 e. The van der Waals surface area contributed by atoms with E-state index in [1.54, 1.807) is 7.11 Å². The van der Waals surface area contributed by atoms with Crippen molar-refractivity contribution in [3.63, 3.8) is 0 Å². The summed E-state index contributed by atoms with van der Waals surface area (Å²) in [5.41, 5.74) is 1.60. The fourth-order valence-corrected chi connectivity index (χ4v) is 3.31. The van der Waals surface area contributed by atoms with Gasteiger partial charge in [0.15, 0.2) is 0 Å². The molecule has 2 aromatic rings. The van der Waals surface area contributed by atoms with E-state index >= 15 is 0 Å². The van der Waals surface area contributed by atoms with Gasteiger partial charge in [0.05, 0.1) is 13.2 Å². The second-order valence-corrected chi connectivity index (χ2v) is 6.85. The Hall–Kier alpha value is -2.44. The summed E-state index contributed by atoms with van der Waals surface area (Å²) in [6.45, 7) is 4.38. The largest absolute Gasteiger partial charge is 0.497 e. The molecule has 0 aromatic heterocycles. The van der Waals surface area contributed by atoms with Crippen molar-refractivity contribution in [2.24, 2.45) is 0 Å². The van der Waals surface area contributed by atoms with Crippen LogP contribution in [0.5, 0.6) is 5.75 Å². The molecule has 1 amide bonds. The zero-order chi connectivity index (χ0) is 19.2. The molecular weight excluding hydrogens is 345 g/mol. The highest BCUT2D eigenvalue weighted by molar-refractivity contribution is 5.94. The molecule has 1 unspecified atom stereocenters. The summed E-state index contributed by atoms with van der Waals surface area (Å²) in [7, 11) is 3.77. The van der Waals surface area contributed by atoms with Crippen LogP contribution in [-0.4, -0.2) is 62.6 Å². The van der Waals surface area contributed by atoms with Gasteiger partial charge in [-0.1, -0.05) is 12.1 Å². The third-order valence-corrected chi connectivity index (χ3v) is 5.04. The first-order chi connectivity index (χ1) is 13.1. The molecule has 0 saturated carbocycles. The summed E-state index contributed by atoms with van der Waals surface area (Å²) in [5, 5.41) is 3.01. The maximum atomic E-state index is 13.1. The minimum absolute atomic E-state index is 0.0778. The maximum absolute atomic E-state index is 13.1. The fourth-order valence-electron chi connectivity index (χ4n) is 3.31. The fraction of sp³-hybridized carbons (Fsp3) is 0.381. The lowest BCUT2D eigenvalue weighted by Crippen LogP contribution is -2.48. The standard InChI is InChI=1S/C21H26FN3O2/c1-24-11-13-25(14-12-24)20(16-5-9-19(27-2)10-6-16)15-23-21(26)17-3-7-18(22)8-4-17/h3-10,20H,11-15H2,1-2H3,(H,23,26). The van der Waals surface area contributed by atoms with Gasteiger partial charge in [-0.2, -0.15) is 0 Å². The number of ether oxygens (including phenoxy) is 1. The van der Waals surface area contributed by atoms with E-state index in [0.29, 0.717) is 12.1 Å². The first-order valence-electron chi connectivity index (χ1n) is 9.17. The molecule has 2 aromatic carbocycles. The smallest absolute Gasteiger partial charge is 0.251 e. The number of rotatable bonds is 6. The minimum Gasteiger partial charge on any atom is -0.497 e. The molecular formula is C21H26FN3O2. The van der Waals surface area contributed by atoms with Gasteiger partial charge in [0.1, 0.15) is 11.6 Å². The van der Waals surface area contributed by atoms with Crippen LogP contribution in [-0.2, 0) is 0 Å². The Kier molecular flexibility index (Phi) is 6.42. The highest BCUT2D eigenvalue weighted by Crippen LogP contribution is 2.24. The van der Waals surface area contributed by atoms with Gasteiger partial charge in [0.2, 0.25) is 0 Å². The molecule has 0 aliphatic carbocycles. The molecule has 0 spiro atoms. The number of nitrogens with zero attached hydrogens (tertiary/aromatic N) is 2. The van der Waals surface area contributed by atoms with Crippen LogP contribution >= 0.6 is 0 Å². The number of halogens is 1. The van der Waals surface area contributed by atoms with Crippen LogP contribution in [0.1, 0.15) is 22.0 Å². The van der Waals surface area contributed by atoms with E-state index in [9.17, 15) is 9.18 Å². The predicted molar refractivity (Wildman–Crippen MR) is 104 cm³/mol. The number of amides is 1. The molecule has 1 heterocycles. The quantitative estimate of drug-likeness (QED) is 0.848. The molecule has 1 aliphatic heterocycles. The van der Waals surface area contributed by atoms with E-state index in [1.807, 2.05) is 24.3 Å². The second-order valence-electron chi connectivity index (χ2n) is 6.85. The SMILES string of the molecule is COc1ccc(C(CNC(=O)c2ccc(F)cc2)N2CCN(C)CC2)cc1. The van der Waals surface area contributed by atoms with Crippen LogP contribution in [0.2, 0.25) is 0 Å². The van der Waals surface area contributed by atoms with Crippen LogP contribution in [0.3, 0.4) is 0 Å². The number of nitrogens with one attached hydrogen (secondary N) is 1. The Balaban J connectivity index is 1.72. The van der Waals surface area contributed by atoms with E-state index in [4.69, 9.17) is 4.74 Å². The minimum atomic E-state index is -0.347. The number of methoxy groups -OCH3 is 1. The average molecular weight is 371 g/mol. The number of carbonyl (C=O) groups excluding carboxylic acids is 1. The van der Waals surface area contributed by atoms with Crippen molar-refractivity contribution in [1.29, 1.82) is 0 Å². The van der Waals surface area contributed by atoms with Crippen LogP contribution < -0.4 is 10.1 Å². The summed E-state index contributed by atoms with van der Waals surface area (Å²) in [5.74, 6) is 0.272. The summed E-state index contributed by atoms with van der Waals surface area (Å²) in [6, 6.07) is 13.7. The normalized spacial score (nSPS) is 16.7. The van der Waals surface area contributed by atoms with Gasteiger partial charge in [0.25, 0.3) is 5.91 Å². The molecule has 144 valence electrons. The van der Waals surface area contributed by atoms with Crippen molar-refractivity contribution in [2.45, 2.75) is 6.04 Å². The highest BCUT2D eigenvalue weighted by atomic mass is 19.1. The molecule has 1 fully saturated rings. The number of benzene rings is 2. The zero-order valence-electron chi connectivity index (χ0n) is 15.8. The number of likely N-dealkylation sites (N-methyl/N-ethyl adjacent to an activating group) is 1. The van der Waals surface area contributed by atoms with Crippen LogP contribution in [0.4, 0.5) is 4.39 Å². The molecule has 27 heavy (non-hydrogen) atoms. The summed E-state index contributed by atoms with van der Waals surface area (Å²) in [4.78, 5) is 17.1. The Morgan fingerprint density at radius 2 is 1.70 bits per heavy atom. The molecule has 0 radical (unpaired) electrons. The molecule has 1 atom stereocenters. The van der Waals surface area contributed by atoms with Crippen molar-refractivity contribution >= 4 is 5.91 Å². The van der Waals surface area contributed by atoms with Gasteiger partial charge < -0.3 is 15.0 Å². The van der Waals surface area contributed by atoms with Crippen LogP contribution in [0, 0.1) is 5.82 Å². The van der Waals surface area contributed by atoms with Gasteiger partial charge >= 0.3 is 0 Å². The monoisotopic (exact) mass is 371 g/mol. The molecule has 3 rings (SSSR count). The van der Waals surface area contributed by atoms with E-state index in [-0.39, 0.29) is 17.8 Å². The molecule has 1 saturated heterocycles. The number of hydrogen-bond donors (Lipinski definition) is 1. The summed E-state index contributed by atoms with van der Waals surface area (Å²) in [6.07, 6.45) is 0. The number of hydrogen-bond acceptors (Lipinski definition) is 4. The Labute approximate surface area is 159 Å². The van der Waals surface area contributed by atoms with Gasteiger partial charge in [0, 0.05) is 38.3 Å². The lowest BCUT2D eigenvalue weighted by molar-refractivity contribution is 0.0886. The topological polar surface area (TPSA) is 44.8 Å². The molecule has 1 N–H and O–H groups in total. The molecule has 1 aliphatic rings.